The van der Waals surface area contributed by atoms with Crippen molar-refractivity contribution in [1.82, 2.24) is 20.5 Å². The number of pyridine rings is 1. The van der Waals surface area contributed by atoms with Crippen molar-refractivity contribution in [2.24, 2.45) is 10.9 Å². The normalized spacial score (nSPS) is 12.8. The number of nitrogens with zero attached hydrogens (tertiary/aromatic N) is 2. The zero-order valence-electron chi connectivity index (χ0n) is 16.4. The Labute approximate surface area is 177 Å². The van der Waals surface area contributed by atoms with E-state index in [4.69, 9.17) is 10.9 Å². The number of hydrogen-bond donors (Lipinski definition) is 6. The van der Waals surface area contributed by atoms with E-state index in [1.165, 1.54) is 6.20 Å². The summed E-state index contributed by atoms with van der Waals surface area (Å²) in [5.41, 5.74) is 7.54. The predicted octanol–water partition coefficient (Wildman–Crippen LogP) is 2.58. The van der Waals surface area contributed by atoms with Crippen LogP contribution in [0.5, 0.6) is 0 Å². The molecule has 0 saturated carbocycles. The summed E-state index contributed by atoms with van der Waals surface area (Å²) in [4.78, 5) is 29.0. The lowest BCUT2D eigenvalue weighted by atomic mass is 10.1. The van der Waals surface area contributed by atoms with Crippen molar-refractivity contribution in [2.45, 2.75) is 19.9 Å². The fourth-order valence-electron chi connectivity index (χ4n) is 2.74. The lowest BCUT2D eigenvalue weighted by Crippen LogP contribution is -2.31. The molecule has 0 aliphatic heterocycles. The number of anilines is 2. The van der Waals surface area contributed by atoms with E-state index < -0.39 is 5.91 Å². The largest absolute Gasteiger partial charge is 0.401 e. The van der Waals surface area contributed by atoms with Gasteiger partial charge in [-0.15, -0.1) is 0 Å². The minimum absolute atomic E-state index is 0.169. The molecule has 0 fully saturated rings. The SMILES string of the molecule is C/C(N)=C(/SN)C(=O)Nc1n[nH]c2cc(NC(=O)N[C@H](C)c3ccccc3)ncc12. The zero-order chi connectivity index (χ0) is 21.7. The topological polar surface area (TPSA) is 164 Å². The maximum atomic E-state index is 12.3. The summed E-state index contributed by atoms with van der Waals surface area (Å²) in [6.07, 6.45) is 1.50. The smallest absolute Gasteiger partial charge is 0.320 e. The van der Waals surface area contributed by atoms with Gasteiger partial charge in [0.05, 0.1) is 16.9 Å². The van der Waals surface area contributed by atoms with E-state index in [2.05, 4.69) is 31.1 Å². The summed E-state index contributed by atoms with van der Waals surface area (Å²) in [5.74, 6) is 0.147. The van der Waals surface area contributed by atoms with Crippen LogP contribution in [0.1, 0.15) is 25.5 Å². The van der Waals surface area contributed by atoms with Crippen molar-refractivity contribution in [3.63, 3.8) is 0 Å². The molecule has 2 heterocycles. The summed E-state index contributed by atoms with van der Waals surface area (Å²) < 4.78 is 0. The van der Waals surface area contributed by atoms with Crippen LogP contribution in [0.15, 0.2) is 53.2 Å². The van der Waals surface area contributed by atoms with Gasteiger partial charge < -0.3 is 16.4 Å². The third-order valence-electron chi connectivity index (χ3n) is 4.25. The van der Waals surface area contributed by atoms with Crippen LogP contribution in [0.25, 0.3) is 10.9 Å². The molecular weight excluding hydrogens is 404 g/mol. The maximum Gasteiger partial charge on any atom is 0.320 e. The third-order valence-corrected chi connectivity index (χ3v) is 4.99. The van der Waals surface area contributed by atoms with Crippen LogP contribution in [0.3, 0.4) is 0 Å². The Morgan fingerprint density at radius 2 is 1.93 bits per heavy atom. The van der Waals surface area contributed by atoms with Crippen molar-refractivity contribution in [2.75, 3.05) is 10.6 Å². The first-order valence-electron chi connectivity index (χ1n) is 9.00. The average Bonchev–Trinajstić information content (AvgIpc) is 3.10. The maximum absolute atomic E-state index is 12.3. The number of hydrogen-bond acceptors (Lipinski definition) is 7. The number of aromatic nitrogens is 3. The molecule has 0 aliphatic carbocycles. The van der Waals surface area contributed by atoms with Gasteiger partial charge in [0.15, 0.2) is 5.82 Å². The molecule has 0 radical (unpaired) electrons. The van der Waals surface area contributed by atoms with E-state index in [1.54, 1.807) is 13.0 Å². The molecule has 3 aromatic rings. The summed E-state index contributed by atoms with van der Waals surface area (Å²) >= 11 is 0.760. The number of fused-ring (bicyclic) bond motifs is 1. The Morgan fingerprint density at radius 1 is 1.20 bits per heavy atom. The first-order valence-corrected chi connectivity index (χ1v) is 9.88. The molecule has 0 unspecified atom stereocenters. The summed E-state index contributed by atoms with van der Waals surface area (Å²) in [6.45, 7) is 3.47. The highest BCUT2D eigenvalue weighted by molar-refractivity contribution is 8.01. The van der Waals surface area contributed by atoms with Crippen molar-refractivity contribution in [3.05, 3.63) is 58.8 Å². The van der Waals surface area contributed by atoms with Crippen LogP contribution in [0, 0.1) is 0 Å². The van der Waals surface area contributed by atoms with E-state index in [0.717, 1.165) is 17.5 Å². The summed E-state index contributed by atoms with van der Waals surface area (Å²) in [5, 5.41) is 21.1. The lowest BCUT2D eigenvalue weighted by molar-refractivity contribution is -0.112. The van der Waals surface area contributed by atoms with Gasteiger partial charge in [0.2, 0.25) is 0 Å². The molecule has 2 aromatic heterocycles. The van der Waals surface area contributed by atoms with E-state index in [0.29, 0.717) is 22.4 Å². The molecule has 11 heteroatoms. The number of allylic oxidation sites excluding steroid dienone is 1. The first kappa shape index (κ1) is 21.1. The average molecular weight is 427 g/mol. The zero-order valence-corrected chi connectivity index (χ0v) is 17.2. The number of amides is 3. The van der Waals surface area contributed by atoms with Gasteiger partial charge in [0.25, 0.3) is 5.91 Å². The molecule has 3 rings (SSSR count). The highest BCUT2D eigenvalue weighted by Gasteiger charge is 2.16. The molecule has 8 N–H and O–H groups in total. The number of nitrogens with one attached hydrogen (secondary N) is 4. The molecule has 3 amide bonds. The van der Waals surface area contributed by atoms with Gasteiger partial charge in [-0.3, -0.25) is 20.3 Å². The molecule has 10 nitrogen and oxygen atoms in total. The van der Waals surface area contributed by atoms with Gasteiger partial charge in [-0.05, 0) is 31.4 Å². The van der Waals surface area contributed by atoms with E-state index in [-0.39, 0.29) is 22.8 Å². The number of carbonyl (C=O) groups is 2. The van der Waals surface area contributed by atoms with Gasteiger partial charge in [-0.1, -0.05) is 30.3 Å². The molecular formula is C19H22N8O2S. The molecule has 1 aromatic carbocycles. The highest BCUT2D eigenvalue weighted by Crippen LogP contribution is 2.23. The van der Waals surface area contributed by atoms with Crippen molar-refractivity contribution in [1.29, 1.82) is 0 Å². The Hall–Kier alpha value is -3.57. The second-order valence-electron chi connectivity index (χ2n) is 6.50. The van der Waals surface area contributed by atoms with E-state index in [9.17, 15) is 9.59 Å². The van der Waals surface area contributed by atoms with Gasteiger partial charge >= 0.3 is 6.03 Å². The van der Waals surface area contributed by atoms with Crippen molar-refractivity contribution in [3.8, 4) is 0 Å². The lowest BCUT2D eigenvalue weighted by Gasteiger charge is -2.14. The monoisotopic (exact) mass is 426 g/mol. The van der Waals surface area contributed by atoms with E-state index in [1.807, 2.05) is 37.3 Å². The molecule has 1 atom stereocenters. The number of H-pyrrole nitrogens is 1. The fraction of sp³-hybridized carbons (Fsp3) is 0.158. The molecule has 0 spiro atoms. The van der Waals surface area contributed by atoms with Crippen LogP contribution in [0.4, 0.5) is 16.4 Å². The second kappa shape index (κ2) is 9.29. The predicted molar refractivity (Wildman–Crippen MR) is 118 cm³/mol. The number of carbonyl (C=O) groups excluding carboxylic acids is 2. The van der Waals surface area contributed by atoms with Gasteiger partial charge in [0, 0.05) is 18.0 Å². The molecule has 0 bridgehead atoms. The highest BCUT2D eigenvalue weighted by atomic mass is 32.2. The molecule has 30 heavy (non-hydrogen) atoms. The quantitative estimate of drug-likeness (QED) is 0.260. The Bertz CT molecular complexity index is 1090. The molecule has 156 valence electrons. The molecule has 0 aliphatic rings. The number of rotatable bonds is 6. The Kier molecular flexibility index (Phi) is 6.54. The molecule has 0 saturated heterocycles. The minimum atomic E-state index is -0.465. The fourth-order valence-corrected chi connectivity index (χ4v) is 3.08. The van der Waals surface area contributed by atoms with Crippen LogP contribution >= 0.6 is 11.9 Å². The van der Waals surface area contributed by atoms with Gasteiger partial charge in [0.1, 0.15) is 10.7 Å². The van der Waals surface area contributed by atoms with Gasteiger partial charge in [-0.25, -0.2) is 9.78 Å². The minimum Gasteiger partial charge on any atom is -0.401 e. The second-order valence-corrected chi connectivity index (χ2v) is 7.15. The Balaban J connectivity index is 1.69. The first-order chi connectivity index (χ1) is 14.4. The van der Waals surface area contributed by atoms with Crippen LogP contribution in [-0.4, -0.2) is 27.1 Å². The van der Waals surface area contributed by atoms with Crippen LogP contribution in [0.2, 0.25) is 0 Å². The number of nitrogens with two attached hydrogens (primary N) is 2. The summed E-state index contributed by atoms with van der Waals surface area (Å²) in [7, 11) is 0. The Morgan fingerprint density at radius 3 is 2.60 bits per heavy atom. The van der Waals surface area contributed by atoms with Crippen LogP contribution in [-0.2, 0) is 4.79 Å². The van der Waals surface area contributed by atoms with Gasteiger partial charge in [-0.2, -0.15) is 5.10 Å². The number of aromatic amines is 1. The van der Waals surface area contributed by atoms with E-state index >= 15 is 0 Å². The number of urea groups is 1. The third kappa shape index (κ3) is 4.88. The van der Waals surface area contributed by atoms with Crippen molar-refractivity contribution < 1.29 is 9.59 Å². The van der Waals surface area contributed by atoms with Crippen molar-refractivity contribution >= 4 is 46.4 Å². The number of benzene rings is 1. The summed E-state index contributed by atoms with van der Waals surface area (Å²) in [6, 6.07) is 10.7. The standard InChI is InChI=1S/C19H22N8O2S/c1-10(20)16(30-21)18(28)25-17-13-9-22-15(8-14(13)26-27-17)24-19(29)23-11(2)12-6-4-3-5-7-12/h3-9,11H,20-21H2,1-2H3,(H2,22,23,24,29)(H2,25,26,27,28)/b16-10-/t11-/m1/s1. The van der Waals surface area contributed by atoms with Crippen LogP contribution < -0.4 is 26.8 Å².